The van der Waals surface area contributed by atoms with Gasteiger partial charge in [0.1, 0.15) is 0 Å². The highest BCUT2D eigenvalue weighted by atomic mass is 16.5. The molecule has 0 saturated carbocycles. The van der Waals surface area contributed by atoms with E-state index in [-0.39, 0.29) is 5.91 Å². The lowest BCUT2D eigenvalue weighted by molar-refractivity contribution is -0.131. The maximum atomic E-state index is 12.3. The summed E-state index contributed by atoms with van der Waals surface area (Å²) in [6.45, 7) is 1.14. The van der Waals surface area contributed by atoms with E-state index in [0.717, 1.165) is 24.1 Å². The first-order valence-corrected chi connectivity index (χ1v) is 9.61. The largest absolute Gasteiger partial charge is 0.493 e. The topological polar surface area (TPSA) is 121 Å². The monoisotopic (exact) mass is 416 g/mol. The number of nitrogens with one attached hydrogen (secondary N) is 2. The van der Waals surface area contributed by atoms with Crippen LogP contribution < -0.4 is 24.8 Å². The number of hydrogen-bond acceptors (Lipinski definition) is 7. The van der Waals surface area contributed by atoms with Crippen LogP contribution in [0.25, 0.3) is 0 Å². The van der Waals surface area contributed by atoms with Crippen molar-refractivity contribution in [3.8, 4) is 23.4 Å². The number of aliphatic imine (C=N–C) groups is 1. The van der Waals surface area contributed by atoms with Crippen LogP contribution in [0.15, 0.2) is 22.2 Å². The Balaban J connectivity index is 2.04. The summed E-state index contributed by atoms with van der Waals surface area (Å²) in [5.41, 5.74) is 1.63. The Labute approximate surface area is 176 Å². The Morgan fingerprint density at radius 3 is 2.47 bits per heavy atom. The maximum Gasteiger partial charge on any atom is 0.243 e. The molecule has 0 atom stereocenters. The molecule has 2 rings (SSSR count). The van der Waals surface area contributed by atoms with Gasteiger partial charge in [-0.3, -0.25) is 15.1 Å². The number of nitrogens with zero attached hydrogens (tertiary/aromatic N) is 4. The van der Waals surface area contributed by atoms with Gasteiger partial charge >= 0.3 is 0 Å². The highest BCUT2D eigenvalue weighted by Gasteiger charge is 2.23. The van der Waals surface area contributed by atoms with E-state index in [1.807, 2.05) is 18.3 Å². The van der Waals surface area contributed by atoms with Crippen LogP contribution in [-0.4, -0.2) is 64.1 Å². The number of benzene rings is 1. The van der Waals surface area contributed by atoms with Crippen LogP contribution in [0.4, 0.5) is 0 Å². The Hall–Kier alpha value is -3.48. The van der Waals surface area contributed by atoms with Crippen molar-refractivity contribution in [1.29, 1.82) is 5.26 Å². The predicted octanol–water partition coefficient (Wildman–Crippen LogP) is 1.47. The fourth-order valence-corrected chi connectivity index (χ4v) is 3.06. The summed E-state index contributed by atoms with van der Waals surface area (Å²) in [4.78, 5) is 16.2. The smallest absolute Gasteiger partial charge is 0.243 e. The molecule has 162 valence electrons. The molecule has 0 unspecified atom stereocenters. The Bertz CT molecular complexity index is 821. The molecular formula is C20H28N6O4. The van der Waals surface area contributed by atoms with Crippen LogP contribution in [0.1, 0.15) is 31.2 Å². The van der Waals surface area contributed by atoms with Crippen molar-refractivity contribution in [2.24, 2.45) is 10.1 Å². The first-order valence-electron chi connectivity index (χ1n) is 9.61. The minimum Gasteiger partial charge on any atom is -0.493 e. The predicted molar refractivity (Wildman–Crippen MR) is 113 cm³/mol. The molecule has 0 aromatic heterocycles. The molecule has 1 aromatic carbocycles. The summed E-state index contributed by atoms with van der Waals surface area (Å²) >= 11 is 0. The molecule has 0 radical (unpaired) electrons. The van der Waals surface area contributed by atoms with Gasteiger partial charge in [-0.05, 0) is 25.0 Å². The number of amides is 1. The molecule has 10 heteroatoms. The number of guanidine groups is 1. The number of ether oxygens (including phenoxy) is 3. The summed E-state index contributed by atoms with van der Waals surface area (Å²) in [5, 5.41) is 20.2. The fourth-order valence-electron chi connectivity index (χ4n) is 3.06. The van der Waals surface area contributed by atoms with Gasteiger partial charge in [-0.2, -0.15) is 10.4 Å². The van der Waals surface area contributed by atoms with Gasteiger partial charge in [0.2, 0.25) is 17.6 Å². The van der Waals surface area contributed by atoms with Gasteiger partial charge < -0.3 is 19.5 Å². The summed E-state index contributed by atoms with van der Waals surface area (Å²) < 4.78 is 16.2. The van der Waals surface area contributed by atoms with E-state index in [9.17, 15) is 4.79 Å². The van der Waals surface area contributed by atoms with Crippen LogP contribution in [-0.2, 0) is 4.79 Å². The van der Waals surface area contributed by atoms with Crippen molar-refractivity contribution in [3.05, 3.63) is 17.7 Å². The number of nitriles is 1. The van der Waals surface area contributed by atoms with Gasteiger partial charge in [-0.1, -0.05) is 0 Å². The van der Waals surface area contributed by atoms with E-state index in [0.29, 0.717) is 49.1 Å². The summed E-state index contributed by atoms with van der Waals surface area (Å²) in [7, 11) is 6.28. The molecule has 0 spiro atoms. The Morgan fingerprint density at radius 2 is 1.90 bits per heavy atom. The average molecular weight is 416 g/mol. The lowest BCUT2D eigenvalue weighted by Gasteiger charge is -2.24. The molecule has 1 aliphatic rings. The number of unbranched alkanes of at least 4 members (excludes halogenated alkanes) is 1. The van der Waals surface area contributed by atoms with Crippen molar-refractivity contribution in [1.82, 2.24) is 15.6 Å². The van der Waals surface area contributed by atoms with Gasteiger partial charge in [0, 0.05) is 38.5 Å². The van der Waals surface area contributed by atoms with E-state index in [4.69, 9.17) is 19.5 Å². The van der Waals surface area contributed by atoms with Crippen LogP contribution >= 0.6 is 0 Å². The van der Waals surface area contributed by atoms with Crippen LogP contribution in [0.5, 0.6) is 17.2 Å². The molecule has 10 nitrogen and oxygen atoms in total. The first kappa shape index (κ1) is 22.8. The van der Waals surface area contributed by atoms with Crippen molar-refractivity contribution < 1.29 is 19.0 Å². The number of hydrogen-bond donors (Lipinski definition) is 2. The van der Waals surface area contributed by atoms with Crippen LogP contribution in [0.3, 0.4) is 0 Å². The normalized spacial score (nSPS) is 14.0. The highest BCUT2D eigenvalue weighted by Crippen LogP contribution is 2.38. The van der Waals surface area contributed by atoms with E-state index in [2.05, 4.69) is 20.7 Å². The molecule has 1 amide bonds. The third-order valence-electron chi connectivity index (χ3n) is 4.59. The molecule has 30 heavy (non-hydrogen) atoms. The molecule has 1 aliphatic heterocycles. The third-order valence-corrected chi connectivity index (χ3v) is 4.59. The fraction of sp³-hybridized carbons (Fsp3) is 0.500. The number of carbonyl (C=O) groups excluding carboxylic acids is 1. The van der Waals surface area contributed by atoms with E-state index >= 15 is 0 Å². The zero-order chi connectivity index (χ0) is 21.9. The first-order chi connectivity index (χ1) is 14.6. The average Bonchev–Trinajstić information content (AvgIpc) is 2.78. The molecule has 1 aromatic rings. The van der Waals surface area contributed by atoms with Gasteiger partial charge in [-0.25, -0.2) is 5.01 Å². The summed E-state index contributed by atoms with van der Waals surface area (Å²) in [5.74, 6) is 2.03. The number of rotatable bonds is 9. The Kier molecular flexibility index (Phi) is 8.75. The third kappa shape index (κ3) is 5.76. The zero-order valence-electron chi connectivity index (χ0n) is 17.8. The van der Waals surface area contributed by atoms with Crippen LogP contribution in [0.2, 0.25) is 0 Å². The van der Waals surface area contributed by atoms with Crippen molar-refractivity contribution >= 4 is 17.6 Å². The number of hydrazone groups is 1. The number of carbonyl (C=O) groups is 1. The van der Waals surface area contributed by atoms with Gasteiger partial charge in [0.15, 0.2) is 17.7 Å². The van der Waals surface area contributed by atoms with Crippen molar-refractivity contribution in [3.63, 3.8) is 0 Å². The molecule has 0 bridgehead atoms. The van der Waals surface area contributed by atoms with E-state index < -0.39 is 0 Å². The standard InChI is InChI=1S/C20H28N6O4/c1-22-20(24-13-21)23-9-5-6-10-26-18(27)8-7-15(25-26)14-11-16(28-2)19(30-4)17(12-14)29-3/h11-12H,5-10H2,1-4H3,(H2,22,23,24). The molecule has 1 heterocycles. The van der Waals surface area contributed by atoms with Crippen molar-refractivity contribution in [2.75, 3.05) is 41.5 Å². The second-order valence-corrected chi connectivity index (χ2v) is 6.42. The molecule has 2 N–H and O–H groups in total. The SMILES string of the molecule is CN=C(NC#N)NCCCCN1N=C(c2cc(OC)c(OC)c(OC)c2)CCC1=O. The van der Waals surface area contributed by atoms with E-state index in [1.165, 1.54) is 5.01 Å². The lowest BCUT2D eigenvalue weighted by Crippen LogP contribution is -2.36. The van der Waals surface area contributed by atoms with Gasteiger partial charge in [-0.15, -0.1) is 0 Å². The summed E-state index contributed by atoms with van der Waals surface area (Å²) in [6, 6.07) is 3.68. The molecular weight excluding hydrogens is 388 g/mol. The van der Waals surface area contributed by atoms with Crippen LogP contribution in [0, 0.1) is 11.5 Å². The quantitative estimate of drug-likeness (QED) is 0.206. The molecule has 0 saturated heterocycles. The summed E-state index contributed by atoms with van der Waals surface area (Å²) in [6.07, 6.45) is 4.32. The minimum absolute atomic E-state index is 0.00103. The zero-order valence-corrected chi connectivity index (χ0v) is 17.8. The van der Waals surface area contributed by atoms with E-state index in [1.54, 1.807) is 28.4 Å². The lowest BCUT2D eigenvalue weighted by atomic mass is 10.0. The second kappa shape index (κ2) is 11.5. The minimum atomic E-state index is 0.00103. The van der Waals surface area contributed by atoms with Crippen molar-refractivity contribution in [2.45, 2.75) is 25.7 Å². The second-order valence-electron chi connectivity index (χ2n) is 6.42. The van der Waals surface area contributed by atoms with Gasteiger partial charge in [0.05, 0.1) is 27.0 Å². The molecule has 0 fully saturated rings. The maximum absolute atomic E-state index is 12.3. The number of methoxy groups -OCH3 is 3. The highest BCUT2D eigenvalue weighted by molar-refractivity contribution is 6.05. The molecule has 0 aliphatic carbocycles. The van der Waals surface area contributed by atoms with Gasteiger partial charge in [0.25, 0.3) is 0 Å². The Morgan fingerprint density at radius 1 is 1.20 bits per heavy atom.